The lowest BCUT2D eigenvalue weighted by atomic mass is 10.4. The van der Waals surface area contributed by atoms with Crippen LogP contribution in [0.3, 0.4) is 0 Å². The molecule has 0 radical (unpaired) electrons. The Morgan fingerprint density at radius 2 is 2.19 bits per heavy atom. The number of nitrogens with zero attached hydrogens (tertiary/aromatic N) is 1. The highest BCUT2D eigenvalue weighted by Crippen LogP contribution is 2.29. The van der Waals surface area contributed by atoms with E-state index in [1.165, 1.54) is 0 Å². The summed E-state index contributed by atoms with van der Waals surface area (Å²) < 4.78 is 38.8. The van der Waals surface area contributed by atoms with Crippen molar-refractivity contribution in [2.45, 2.75) is 10.1 Å². The fourth-order valence-corrected chi connectivity index (χ4v) is 1.71. The molecule has 0 amide bonds. The summed E-state index contributed by atoms with van der Waals surface area (Å²) in [4.78, 5) is 12.7. The molecule has 1 aromatic heterocycles. The fourth-order valence-electron chi connectivity index (χ4n) is 0.877. The Balaban J connectivity index is 3.04. The number of hydrogen-bond acceptors (Lipinski definition) is 4. The smallest absolute Gasteiger partial charge is 0.318 e. The van der Waals surface area contributed by atoms with E-state index in [0.29, 0.717) is 18.0 Å². The number of carbonyl (C=O) groups is 1. The van der Waals surface area contributed by atoms with E-state index < -0.39 is 33.7 Å². The molecule has 16 heavy (non-hydrogen) atoms. The normalized spacial score (nSPS) is 12.5. The van der Waals surface area contributed by atoms with Crippen LogP contribution in [0.1, 0.15) is 0 Å². The molecular formula is C8H7F3N2O2S. The van der Waals surface area contributed by atoms with Crippen molar-refractivity contribution in [3.63, 3.8) is 0 Å². The molecule has 0 aromatic carbocycles. The van der Waals surface area contributed by atoms with Crippen molar-refractivity contribution in [2.75, 3.05) is 6.54 Å². The van der Waals surface area contributed by atoms with Crippen molar-refractivity contribution in [1.82, 2.24) is 4.98 Å². The van der Waals surface area contributed by atoms with E-state index in [-0.39, 0.29) is 6.54 Å². The summed E-state index contributed by atoms with van der Waals surface area (Å²) in [7, 11) is 0. The number of thioether (sulfide) groups is 1. The SMILES string of the molecule is NCC(Sc1c(F)cnc(F)c1F)C(=O)O. The first-order valence-electron chi connectivity index (χ1n) is 4.06. The number of rotatable bonds is 4. The van der Waals surface area contributed by atoms with Crippen molar-refractivity contribution >= 4 is 17.7 Å². The largest absolute Gasteiger partial charge is 0.480 e. The lowest BCUT2D eigenvalue weighted by Crippen LogP contribution is -2.26. The van der Waals surface area contributed by atoms with E-state index in [9.17, 15) is 18.0 Å². The molecule has 88 valence electrons. The van der Waals surface area contributed by atoms with Gasteiger partial charge in [-0.05, 0) is 0 Å². The molecule has 0 aliphatic rings. The molecule has 0 spiro atoms. The second-order valence-corrected chi connectivity index (χ2v) is 3.93. The summed E-state index contributed by atoms with van der Waals surface area (Å²) in [5.74, 6) is -5.44. The number of aromatic nitrogens is 1. The van der Waals surface area contributed by atoms with Crippen LogP contribution in [0.25, 0.3) is 0 Å². The Morgan fingerprint density at radius 3 is 2.69 bits per heavy atom. The summed E-state index contributed by atoms with van der Waals surface area (Å²) in [6.07, 6.45) is 0.482. The molecular weight excluding hydrogens is 245 g/mol. The van der Waals surface area contributed by atoms with Gasteiger partial charge >= 0.3 is 5.97 Å². The Morgan fingerprint density at radius 1 is 1.56 bits per heavy atom. The zero-order chi connectivity index (χ0) is 12.3. The van der Waals surface area contributed by atoms with Crippen LogP contribution >= 0.6 is 11.8 Å². The van der Waals surface area contributed by atoms with Crippen molar-refractivity contribution in [3.05, 3.63) is 23.8 Å². The Kier molecular flexibility index (Phi) is 4.13. The second kappa shape index (κ2) is 5.17. The summed E-state index contributed by atoms with van der Waals surface area (Å²) in [6, 6.07) is 0. The van der Waals surface area contributed by atoms with Gasteiger partial charge < -0.3 is 10.8 Å². The predicted octanol–water partition coefficient (Wildman–Crippen LogP) is 1.00. The summed E-state index contributed by atoms with van der Waals surface area (Å²) in [6.45, 7) is -0.331. The minimum atomic E-state index is -1.51. The first-order chi connectivity index (χ1) is 7.47. The van der Waals surface area contributed by atoms with Crippen LogP contribution < -0.4 is 5.73 Å². The molecule has 0 aliphatic carbocycles. The number of carboxylic acid groups (broad SMARTS) is 1. The third-order valence-corrected chi connectivity index (χ3v) is 2.93. The van der Waals surface area contributed by atoms with Crippen LogP contribution in [-0.2, 0) is 4.79 Å². The highest BCUT2D eigenvalue weighted by atomic mass is 32.2. The second-order valence-electron chi connectivity index (χ2n) is 2.72. The summed E-state index contributed by atoms with van der Waals surface area (Å²) in [5, 5.41) is 7.39. The zero-order valence-corrected chi connectivity index (χ0v) is 8.60. The number of carboxylic acids is 1. The molecule has 4 nitrogen and oxygen atoms in total. The van der Waals surface area contributed by atoms with E-state index in [4.69, 9.17) is 10.8 Å². The van der Waals surface area contributed by atoms with Gasteiger partial charge in [0.2, 0.25) is 5.95 Å². The van der Waals surface area contributed by atoms with Crippen LogP contribution in [0.5, 0.6) is 0 Å². The zero-order valence-electron chi connectivity index (χ0n) is 7.78. The molecule has 0 bridgehead atoms. The number of aliphatic carboxylic acids is 1. The maximum absolute atomic E-state index is 13.1. The van der Waals surface area contributed by atoms with Gasteiger partial charge in [-0.2, -0.15) is 4.39 Å². The fraction of sp³-hybridized carbons (Fsp3) is 0.250. The molecule has 0 saturated heterocycles. The lowest BCUT2D eigenvalue weighted by molar-refractivity contribution is -0.136. The quantitative estimate of drug-likeness (QED) is 0.617. The molecule has 0 fully saturated rings. The van der Waals surface area contributed by atoms with Crippen LogP contribution in [0.4, 0.5) is 13.2 Å². The van der Waals surface area contributed by atoms with Crippen LogP contribution in [0.2, 0.25) is 0 Å². The average molecular weight is 252 g/mol. The number of halogens is 3. The van der Waals surface area contributed by atoms with E-state index >= 15 is 0 Å². The first kappa shape index (κ1) is 12.8. The minimum absolute atomic E-state index is 0.310. The molecule has 1 aromatic rings. The molecule has 3 N–H and O–H groups in total. The highest BCUT2D eigenvalue weighted by Gasteiger charge is 2.23. The first-order valence-corrected chi connectivity index (χ1v) is 4.94. The van der Waals surface area contributed by atoms with E-state index in [2.05, 4.69) is 4.98 Å². The van der Waals surface area contributed by atoms with Gasteiger partial charge in [0, 0.05) is 6.54 Å². The Hall–Kier alpha value is -1.28. The maximum atomic E-state index is 13.1. The number of nitrogens with two attached hydrogens (primary N) is 1. The van der Waals surface area contributed by atoms with Gasteiger partial charge in [-0.25, -0.2) is 13.8 Å². The standard InChI is InChI=1S/C8H7F3N2O2S/c9-3-2-13-7(11)5(10)6(3)16-4(1-12)8(14)15/h2,4H,1,12H2,(H,14,15). The minimum Gasteiger partial charge on any atom is -0.480 e. The van der Waals surface area contributed by atoms with Gasteiger partial charge in [0.25, 0.3) is 0 Å². The van der Waals surface area contributed by atoms with Gasteiger partial charge in [0.15, 0.2) is 11.6 Å². The molecule has 1 atom stereocenters. The number of hydrogen-bond donors (Lipinski definition) is 2. The molecule has 0 saturated carbocycles. The Bertz CT molecular complexity index is 417. The number of pyridine rings is 1. The average Bonchev–Trinajstić information content (AvgIpc) is 2.23. The van der Waals surface area contributed by atoms with Crippen LogP contribution in [-0.4, -0.2) is 27.9 Å². The third-order valence-electron chi connectivity index (χ3n) is 1.64. The van der Waals surface area contributed by atoms with Crippen LogP contribution in [0, 0.1) is 17.6 Å². The van der Waals surface area contributed by atoms with Crippen LogP contribution in [0.15, 0.2) is 11.1 Å². The van der Waals surface area contributed by atoms with Gasteiger partial charge in [0.05, 0.1) is 11.1 Å². The Labute approximate surface area is 92.7 Å². The van der Waals surface area contributed by atoms with Gasteiger partial charge in [-0.1, -0.05) is 0 Å². The van der Waals surface area contributed by atoms with E-state index in [0.717, 1.165) is 0 Å². The van der Waals surface area contributed by atoms with Gasteiger partial charge in [0.1, 0.15) is 5.25 Å². The summed E-state index contributed by atoms with van der Waals surface area (Å²) in [5.41, 5.74) is 5.10. The predicted molar refractivity (Wildman–Crippen MR) is 50.4 cm³/mol. The van der Waals surface area contributed by atoms with Gasteiger partial charge in [-0.3, -0.25) is 4.79 Å². The van der Waals surface area contributed by atoms with Crippen molar-refractivity contribution in [1.29, 1.82) is 0 Å². The molecule has 1 unspecified atom stereocenters. The third kappa shape index (κ3) is 2.64. The van der Waals surface area contributed by atoms with E-state index in [1.54, 1.807) is 0 Å². The molecule has 0 aliphatic heterocycles. The monoisotopic (exact) mass is 252 g/mol. The maximum Gasteiger partial charge on any atom is 0.318 e. The van der Waals surface area contributed by atoms with Crippen molar-refractivity contribution in [3.8, 4) is 0 Å². The molecule has 1 heterocycles. The highest BCUT2D eigenvalue weighted by molar-refractivity contribution is 8.00. The van der Waals surface area contributed by atoms with Crippen molar-refractivity contribution in [2.24, 2.45) is 5.73 Å². The van der Waals surface area contributed by atoms with Crippen molar-refractivity contribution < 1.29 is 23.1 Å². The molecule has 8 heteroatoms. The lowest BCUT2D eigenvalue weighted by Gasteiger charge is -2.10. The van der Waals surface area contributed by atoms with E-state index in [1.807, 2.05) is 0 Å². The summed E-state index contributed by atoms with van der Waals surface area (Å²) >= 11 is 0.310. The topological polar surface area (TPSA) is 76.2 Å². The van der Waals surface area contributed by atoms with Gasteiger partial charge in [-0.15, -0.1) is 11.8 Å². The molecule has 1 rings (SSSR count).